The highest BCUT2D eigenvalue weighted by atomic mass is 35.5. The number of hydrogen-bond donors (Lipinski definition) is 3. The van der Waals surface area contributed by atoms with E-state index in [2.05, 4.69) is 32.2 Å². The second kappa shape index (κ2) is 6.08. The third-order valence-corrected chi connectivity index (χ3v) is 4.52. The second-order valence-electron chi connectivity index (χ2n) is 5.95. The molecule has 1 saturated carbocycles. The van der Waals surface area contributed by atoms with E-state index in [4.69, 9.17) is 16.7 Å². The van der Waals surface area contributed by atoms with Crippen molar-refractivity contribution >= 4 is 28.9 Å². The maximum Gasteiger partial charge on any atom is 0.405 e. The van der Waals surface area contributed by atoms with Gasteiger partial charge in [-0.1, -0.05) is 19.8 Å². The maximum absolute atomic E-state index is 11.2. The molecule has 0 aliphatic heterocycles. The number of rotatable bonds is 3. The van der Waals surface area contributed by atoms with E-state index in [1.165, 1.54) is 0 Å². The zero-order chi connectivity index (χ0) is 15.7. The van der Waals surface area contributed by atoms with Gasteiger partial charge in [-0.2, -0.15) is 4.98 Å². The Bertz CT molecular complexity index is 681. The van der Waals surface area contributed by atoms with Crippen LogP contribution in [0.15, 0.2) is 6.20 Å². The molecule has 2 heterocycles. The quantitative estimate of drug-likeness (QED) is 0.753. The van der Waals surface area contributed by atoms with Gasteiger partial charge in [0.05, 0.1) is 12.2 Å². The molecule has 1 atom stereocenters. The number of nitrogens with one attached hydrogen (secondary N) is 2. The molecule has 2 aromatic rings. The molecule has 1 amide bonds. The third-order valence-electron chi connectivity index (χ3n) is 4.33. The largest absolute Gasteiger partial charge is 0.465 e. The zero-order valence-electron chi connectivity index (χ0n) is 12.2. The monoisotopic (exact) mass is 323 g/mol. The fourth-order valence-electron chi connectivity index (χ4n) is 3.11. The number of H-pyrrole nitrogens is 1. The SMILES string of the molecule is CC1CCC(C(NC(=O)O)c2nc3nc(Cl)ncc3[nH]2)CC1. The normalized spacial score (nSPS) is 23.4. The van der Waals surface area contributed by atoms with Crippen LogP contribution < -0.4 is 5.32 Å². The predicted octanol–water partition coefficient (Wildman–Crippen LogP) is 3.14. The van der Waals surface area contributed by atoms with Crippen molar-refractivity contribution in [2.24, 2.45) is 11.8 Å². The van der Waals surface area contributed by atoms with Crippen LogP contribution in [-0.4, -0.2) is 31.1 Å². The number of imidazole rings is 1. The number of amides is 1. The Morgan fingerprint density at radius 1 is 1.41 bits per heavy atom. The van der Waals surface area contributed by atoms with Gasteiger partial charge in [0.25, 0.3) is 0 Å². The van der Waals surface area contributed by atoms with Crippen LogP contribution in [0.2, 0.25) is 5.28 Å². The summed E-state index contributed by atoms with van der Waals surface area (Å²) in [6.07, 6.45) is 4.68. The summed E-state index contributed by atoms with van der Waals surface area (Å²) in [5.74, 6) is 1.51. The number of aromatic nitrogens is 4. The molecule has 3 N–H and O–H groups in total. The molecule has 8 heteroatoms. The van der Waals surface area contributed by atoms with Gasteiger partial charge in [0.15, 0.2) is 5.65 Å². The van der Waals surface area contributed by atoms with Gasteiger partial charge in [0.2, 0.25) is 5.28 Å². The summed E-state index contributed by atoms with van der Waals surface area (Å²) in [5, 5.41) is 11.9. The van der Waals surface area contributed by atoms with Crippen LogP contribution in [0.1, 0.15) is 44.5 Å². The van der Waals surface area contributed by atoms with Crippen molar-refractivity contribution < 1.29 is 9.90 Å². The van der Waals surface area contributed by atoms with Crippen molar-refractivity contribution in [3.05, 3.63) is 17.3 Å². The molecular formula is C14H18ClN5O2. The minimum Gasteiger partial charge on any atom is -0.465 e. The first-order chi connectivity index (χ1) is 10.5. The van der Waals surface area contributed by atoms with Crippen molar-refractivity contribution in [2.45, 2.75) is 38.6 Å². The average Bonchev–Trinajstić information content (AvgIpc) is 2.88. The molecule has 118 valence electrons. The lowest BCUT2D eigenvalue weighted by Crippen LogP contribution is -2.34. The Balaban J connectivity index is 1.91. The Hall–Kier alpha value is -1.89. The Labute approximate surface area is 132 Å². The van der Waals surface area contributed by atoms with E-state index >= 15 is 0 Å². The van der Waals surface area contributed by atoms with Crippen LogP contribution >= 0.6 is 11.6 Å². The first kappa shape index (κ1) is 15.0. The van der Waals surface area contributed by atoms with E-state index in [-0.39, 0.29) is 17.2 Å². The second-order valence-corrected chi connectivity index (χ2v) is 6.28. The number of nitrogens with zero attached hydrogens (tertiary/aromatic N) is 3. The topological polar surface area (TPSA) is 104 Å². The zero-order valence-corrected chi connectivity index (χ0v) is 13.0. The third kappa shape index (κ3) is 3.14. The van der Waals surface area contributed by atoms with Gasteiger partial charge in [0.1, 0.15) is 11.3 Å². The highest BCUT2D eigenvalue weighted by Crippen LogP contribution is 2.36. The standard InChI is InChI=1S/C14H18ClN5O2/c1-7-2-4-8(5-3-7)10(18-14(21)22)12-17-9-6-16-13(15)20-11(9)19-12/h6-8,10,18H,2-5H2,1H3,(H,21,22)(H,16,17,19,20). The summed E-state index contributed by atoms with van der Waals surface area (Å²) in [4.78, 5) is 26.6. The highest BCUT2D eigenvalue weighted by Gasteiger charge is 2.30. The molecule has 0 bridgehead atoms. The van der Waals surface area contributed by atoms with Gasteiger partial charge in [0, 0.05) is 0 Å². The lowest BCUT2D eigenvalue weighted by Gasteiger charge is -2.31. The molecule has 0 spiro atoms. The number of fused-ring (bicyclic) bond motifs is 1. The molecule has 0 saturated heterocycles. The minimum atomic E-state index is -1.05. The summed E-state index contributed by atoms with van der Waals surface area (Å²) >= 11 is 5.77. The van der Waals surface area contributed by atoms with Crippen molar-refractivity contribution in [3.8, 4) is 0 Å². The molecule has 1 aliphatic rings. The van der Waals surface area contributed by atoms with E-state index in [0.717, 1.165) is 25.7 Å². The van der Waals surface area contributed by atoms with E-state index in [0.29, 0.717) is 22.9 Å². The predicted molar refractivity (Wildman–Crippen MR) is 81.7 cm³/mol. The number of hydrogen-bond acceptors (Lipinski definition) is 4. The lowest BCUT2D eigenvalue weighted by atomic mass is 9.79. The summed E-state index contributed by atoms with van der Waals surface area (Å²) in [5.41, 5.74) is 1.11. The van der Waals surface area contributed by atoms with Crippen molar-refractivity contribution in [3.63, 3.8) is 0 Å². The van der Waals surface area contributed by atoms with Gasteiger partial charge in [-0.3, -0.25) is 0 Å². The van der Waals surface area contributed by atoms with E-state index in [1.54, 1.807) is 6.20 Å². The molecule has 1 aliphatic carbocycles. The summed E-state index contributed by atoms with van der Waals surface area (Å²) in [6.45, 7) is 2.23. The van der Waals surface area contributed by atoms with E-state index in [1.807, 2.05) is 0 Å². The van der Waals surface area contributed by atoms with Crippen molar-refractivity contribution in [1.82, 2.24) is 25.3 Å². The highest BCUT2D eigenvalue weighted by molar-refractivity contribution is 6.28. The first-order valence-electron chi connectivity index (χ1n) is 7.40. The number of carbonyl (C=O) groups is 1. The molecular weight excluding hydrogens is 306 g/mol. The molecule has 0 aromatic carbocycles. The van der Waals surface area contributed by atoms with E-state index < -0.39 is 6.09 Å². The molecule has 2 aromatic heterocycles. The Morgan fingerprint density at radius 3 is 2.82 bits per heavy atom. The Morgan fingerprint density at radius 2 is 2.14 bits per heavy atom. The fraction of sp³-hybridized carbons (Fsp3) is 0.571. The lowest BCUT2D eigenvalue weighted by molar-refractivity contribution is 0.172. The van der Waals surface area contributed by atoms with Gasteiger partial charge < -0.3 is 15.4 Å². The minimum absolute atomic E-state index is 0.125. The molecule has 7 nitrogen and oxygen atoms in total. The smallest absolute Gasteiger partial charge is 0.405 e. The van der Waals surface area contributed by atoms with Crippen LogP contribution in [0.3, 0.4) is 0 Å². The maximum atomic E-state index is 11.2. The molecule has 1 fully saturated rings. The summed E-state index contributed by atoms with van der Waals surface area (Å²) in [7, 11) is 0. The van der Waals surface area contributed by atoms with Crippen LogP contribution in [-0.2, 0) is 0 Å². The fourth-order valence-corrected chi connectivity index (χ4v) is 3.24. The van der Waals surface area contributed by atoms with Crippen LogP contribution in [0, 0.1) is 11.8 Å². The molecule has 1 unspecified atom stereocenters. The average molecular weight is 324 g/mol. The summed E-state index contributed by atoms with van der Waals surface area (Å²) in [6, 6.07) is -0.363. The first-order valence-corrected chi connectivity index (χ1v) is 7.78. The number of halogens is 1. The van der Waals surface area contributed by atoms with Crippen LogP contribution in [0.4, 0.5) is 4.79 Å². The van der Waals surface area contributed by atoms with Crippen LogP contribution in [0.5, 0.6) is 0 Å². The van der Waals surface area contributed by atoms with Gasteiger partial charge in [-0.15, -0.1) is 0 Å². The Kier molecular flexibility index (Phi) is 4.15. The van der Waals surface area contributed by atoms with E-state index in [9.17, 15) is 4.79 Å². The van der Waals surface area contributed by atoms with Crippen LogP contribution in [0.25, 0.3) is 11.2 Å². The number of carboxylic acid groups (broad SMARTS) is 1. The molecule has 3 rings (SSSR count). The summed E-state index contributed by atoms with van der Waals surface area (Å²) < 4.78 is 0. The van der Waals surface area contributed by atoms with Gasteiger partial charge >= 0.3 is 6.09 Å². The van der Waals surface area contributed by atoms with Crippen molar-refractivity contribution in [1.29, 1.82) is 0 Å². The van der Waals surface area contributed by atoms with Crippen molar-refractivity contribution in [2.75, 3.05) is 0 Å². The van der Waals surface area contributed by atoms with Gasteiger partial charge in [-0.25, -0.2) is 14.8 Å². The number of aromatic amines is 1. The van der Waals surface area contributed by atoms with Gasteiger partial charge in [-0.05, 0) is 36.3 Å². The molecule has 22 heavy (non-hydrogen) atoms. The molecule has 0 radical (unpaired) electrons.